The highest BCUT2D eigenvalue weighted by Crippen LogP contribution is 2.23. The number of hydrogen-bond acceptors (Lipinski definition) is 2. The van der Waals surface area contributed by atoms with Crippen LogP contribution in [0.5, 0.6) is 0 Å². The highest BCUT2D eigenvalue weighted by Gasteiger charge is 2.15. The monoisotopic (exact) mass is 233 g/mol. The van der Waals surface area contributed by atoms with Gasteiger partial charge in [0.2, 0.25) is 0 Å². The highest BCUT2D eigenvalue weighted by molar-refractivity contribution is 5.75. The van der Waals surface area contributed by atoms with Crippen molar-refractivity contribution in [1.29, 1.82) is 0 Å². The zero-order valence-corrected chi connectivity index (χ0v) is 10.5. The molecule has 17 heavy (non-hydrogen) atoms. The molecule has 1 aromatic carbocycles. The number of rotatable bonds is 4. The molecule has 0 radical (unpaired) electrons. The maximum Gasteiger partial charge on any atom is 0.323 e. The van der Waals surface area contributed by atoms with Crippen LogP contribution in [0.25, 0.3) is 11.0 Å². The fraction of sp³-hybridized carbons (Fsp3) is 0.462. The van der Waals surface area contributed by atoms with Crippen LogP contribution in [0.4, 0.5) is 0 Å². The Morgan fingerprint density at radius 2 is 1.94 bits per heavy atom. The minimum absolute atomic E-state index is 0.151. The molecule has 3 N–H and O–H groups in total. The first-order valence-corrected chi connectivity index (χ1v) is 6.07. The molecule has 0 bridgehead atoms. The van der Waals surface area contributed by atoms with E-state index in [1.165, 1.54) is 5.56 Å². The van der Waals surface area contributed by atoms with Gasteiger partial charge in [-0.3, -0.25) is 0 Å². The number of aromatic amines is 2. The topological polar surface area (TPSA) is 60.7 Å². The Labute approximate surface area is 100 Å². The van der Waals surface area contributed by atoms with Gasteiger partial charge in [-0.05, 0) is 30.2 Å². The number of benzene rings is 1. The number of aromatic nitrogens is 2. The lowest BCUT2D eigenvalue weighted by Crippen LogP contribution is -2.25. The quantitative estimate of drug-likeness (QED) is 0.758. The Hall–Kier alpha value is -1.55. The first-order valence-electron chi connectivity index (χ1n) is 6.07. The van der Waals surface area contributed by atoms with Crippen molar-refractivity contribution in [2.24, 2.45) is 5.92 Å². The zero-order valence-electron chi connectivity index (χ0n) is 10.5. The molecular formula is C13H19N3O. The molecule has 0 amide bonds. The van der Waals surface area contributed by atoms with E-state index < -0.39 is 0 Å². The molecule has 1 unspecified atom stereocenters. The summed E-state index contributed by atoms with van der Waals surface area (Å²) in [7, 11) is 0. The Balaban J connectivity index is 2.42. The molecule has 92 valence electrons. The SMILES string of the molecule is CCNC(c1ccc2[nH]c(=O)[nH]c2c1)C(C)C. The number of imidazole rings is 1. The van der Waals surface area contributed by atoms with E-state index in [0.717, 1.165) is 17.6 Å². The standard InChI is InChI=1S/C13H19N3O/c1-4-14-12(8(2)3)9-5-6-10-11(7-9)16-13(17)15-10/h5-8,12,14H,4H2,1-3H3,(H2,15,16,17). The van der Waals surface area contributed by atoms with Crippen LogP contribution >= 0.6 is 0 Å². The fourth-order valence-electron chi connectivity index (χ4n) is 2.20. The van der Waals surface area contributed by atoms with Gasteiger partial charge in [-0.15, -0.1) is 0 Å². The first kappa shape index (κ1) is 11.9. The van der Waals surface area contributed by atoms with Crippen LogP contribution in [0.3, 0.4) is 0 Å². The van der Waals surface area contributed by atoms with Crippen molar-refractivity contribution in [3.05, 3.63) is 34.2 Å². The molecule has 0 fully saturated rings. The molecule has 2 rings (SSSR count). The normalized spacial score (nSPS) is 13.4. The van der Waals surface area contributed by atoms with Gasteiger partial charge in [0.1, 0.15) is 0 Å². The van der Waals surface area contributed by atoms with Gasteiger partial charge in [0, 0.05) is 6.04 Å². The van der Waals surface area contributed by atoms with Crippen LogP contribution in [0.2, 0.25) is 0 Å². The average Bonchev–Trinajstić information content (AvgIpc) is 2.64. The summed E-state index contributed by atoms with van der Waals surface area (Å²) in [6.45, 7) is 7.42. The van der Waals surface area contributed by atoms with E-state index in [-0.39, 0.29) is 5.69 Å². The highest BCUT2D eigenvalue weighted by atomic mass is 16.1. The van der Waals surface area contributed by atoms with Crippen LogP contribution in [0.15, 0.2) is 23.0 Å². The summed E-state index contributed by atoms with van der Waals surface area (Å²) in [5.74, 6) is 0.512. The first-order chi connectivity index (χ1) is 8.11. The third-order valence-corrected chi connectivity index (χ3v) is 2.99. The minimum Gasteiger partial charge on any atom is -0.310 e. The van der Waals surface area contributed by atoms with Crippen LogP contribution in [-0.4, -0.2) is 16.5 Å². The minimum atomic E-state index is -0.151. The summed E-state index contributed by atoms with van der Waals surface area (Å²) in [4.78, 5) is 16.8. The van der Waals surface area contributed by atoms with Crippen molar-refractivity contribution in [2.45, 2.75) is 26.8 Å². The maximum absolute atomic E-state index is 11.2. The summed E-state index contributed by atoms with van der Waals surface area (Å²) in [6, 6.07) is 6.39. The van der Waals surface area contributed by atoms with E-state index >= 15 is 0 Å². The van der Waals surface area contributed by atoms with Crippen molar-refractivity contribution >= 4 is 11.0 Å². The van der Waals surface area contributed by atoms with E-state index in [1.807, 2.05) is 12.1 Å². The van der Waals surface area contributed by atoms with Crippen molar-refractivity contribution in [3.8, 4) is 0 Å². The second-order valence-electron chi connectivity index (χ2n) is 4.66. The van der Waals surface area contributed by atoms with E-state index in [1.54, 1.807) is 0 Å². The van der Waals surface area contributed by atoms with Crippen molar-refractivity contribution in [2.75, 3.05) is 6.54 Å². The molecule has 4 nitrogen and oxygen atoms in total. The summed E-state index contributed by atoms with van der Waals surface area (Å²) < 4.78 is 0. The number of H-pyrrole nitrogens is 2. The van der Waals surface area contributed by atoms with Crippen LogP contribution in [0.1, 0.15) is 32.4 Å². The predicted octanol–water partition coefficient (Wildman–Crippen LogP) is 2.16. The van der Waals surface area contributed by atoms with Crippen molar-refractivity contribution in [3.63, 3.8) is 0 Å². The van der Waals surface area contributed by atoms with Crippen molar-refractivity contribution < 1.29 is 0 Å². The third kappa shape index (κ3) is 2.42. The van der Waals surface area contributed by atoms with E-state index in [0.29, 0.717) is 12.0 Å². The maximum atomic E-state index is 11.2. The Bertz CT molecular complexity index is 553. The van der Waals surface area contributed by atoms with Gasteiger partial charge in [0.05, 0.1) is 11.0 Å². The molecule has 1 heterocycles. The van der Waals surface area contributed by atoms with Crippen LogP contribution in [-0.2, 0) is 0 Å². The smallest absolute Gasteiger partial charge is 0.310 e. The lowest BCUT2D eigenvalue weighted by atomic mass is 9.96. The lowest BCUT2D eigenvalue weighted by Gasteiger charge is -2.22. The Morgan fingerprint density at radius 3 is 2.59 bits per heavy atom. The molecule has 0 spiro atoms. The van der Waals surface area contributed by atoms with Crippen LogP contribution < -0.4 is 11.0 Å². The summed E-state index contributed by atoms with van der Waals surface area (Å²) in [5, 5.41) is 3.47. The van der Waals surface area contributed by atoms with Gasteiger partial charge in [-0.25, -0.2) is 4.79 Å². The van der Waals surface area contributed by atoms with Gasteiger partial charge in [-0.1, -0.05) is 26.8 Å². The second kappa shape index (κ2) is 4.75. The largest absolute Gasteiger partial charge is 0.323 e. The van der Waals surface area contributed by atoms with E-state index in [2.05, 4.69) is 42.1 Å². The van der Waals surface area contributed by atoms with Gasteiger partial charge in [0.15, 0.2) is 0 Å². The average molecular weight is 233 g/mol. The van der Waals surface area contributed by atoms with Crippen LogP contribution in [0, 0.1) is 5.92 Å². The summed E-state index contributed by atoms with van der Waals surface area (Å²) in [6.07, 6.45) is 0. The third-order valence-electron chi connectivity index (χ3n) is 2.99. The molecule has 0 saturated heterocycles. The predicted molar refractivity (Wildman–Crippen MR) is 70.2 cm³/mol. The lowest BCUT2D eigenvalue weighted by molar-refractivity contribution is 0.422. The number of hydrogen-bond donors (Lipinski definition) is 3. The zero-order chi connectivity index (χ0) is 12.4. The van der Waals surface area contributed by atoms with Gasteiger partial charge in [0.25, 0.3) is 0 Å². The Morgan fingerprint density at radius 1 is 1.24 bits per heavy atom. The number of nitrogens with one attached hydrogen (secondary N) is 3. The number of fused-ring (bicyclic) bond motifs is 1. The van der Waals surface area contributed by atoms with Gasteiger partial charge < -0.3 is 15.3 Å². The molecule has 0 aliphatic rings. The Kier molecular flexibility index (Phi) is 3.33. The van der Waals surface area contributed by atoms with Gasteiger partial charge >= 0.3 is 5.69 Å². The molecule has 1 aromatic heterocycles. The second-order valence-corrected chi connectivity index (χ2v) is 4.66. The molecule has 4 heteroatoms. The van der Waals surface area contributed by atoms with E-state index in [9.17, 15) is 4.79 Å². The molecule has 1 atom stereocenters. The molecular weight excluding hydrogens is 214 g/mol. The summed E-state index contributed by atoms with van der Waals surface area (Å²) in [5.41, 5.74) is 2.79. The molecule has 0 aliphatic carbocycles. The fourth-order valence-corrected chi connectivity index (χ4v) is 2.20. The summed E-state index contributed by atoms with van der Waals surface area (Å²) >= 11 is 0. The van der Waals surface area contributed by atoms with E-state index in [4.69, 9.17) is 0 Å². The molecule has 0 saturated carbocycles. The van der Waals surface area contributed by atoms with Crippen molar-refractivity contribution in [1.82, 2.24) is 15.3 Å². The van der Waals surface area contributed by atoms with Gasteiger partial charge in [-0.2, -0.15) is 0 Å². The molecule has 0 aliphatic heterocycles. The molecule has 2 aromatic rings.